The Balaban J connectivity index is 2.44. The maximum absolute atomic E-state index is 5.86. The molecule has 1 aromatic heterocycles. The van der Waals surface area contributed by atoms with Gasteiger partial charge in [-0.15, -0.1) is 5.10 Å². The van der Waals surface area contributed by atoms with Gasteiger partial charge in [-0.1, -0.05) is 23.2 Å². The van der Waals surface area contributed by atoms with Gasteiger partial charge in [0, 0.05) is 10.0 Å². The molecule has 1 heterocycles. The van der Waals surface area contributed by atoms with Crippen LogP contribution in [0, 0.1) is 0 Å². The zero-order valence-corrected chi connectivity index (χ0v) is 9.33. The van der Waals surface area contributed by atoms with E-state index in [1.807, 2.05) is 0 Å². The lowest BCUT2D eigenvalue weighted by molar-refractivity contribution is 0.380. The number of hydrogen-bond donors (Lipinski definition) is 0. The van der Waals surface area contributed by atoms with E-state index in [1.54, 1.807) is 18.2 Å². The van der Waals surface area contributed by atoms with E-state index in [4.69, 9.17) is 27.9 Å². The maximum Gasteiger partial charge on any atom is 0.335 e. The first kappa shape index (κ1) is 10.3. The van der Waals surface area contributed by atoms with Crippen molar-refractivity contribution in [3.05, 3.63) is 34.6 Å². The van der Waals surface area contributed by atoms with Crippen LogP contribution < -0.4 is 4.74 Å². The molecular weight excluding hydrogens is 237 g/mol. The summed E-state index contributed by atoms with van der Waals surface area (Å²) in [5.74, 6) is 0. The fraction of sp³-hybridized carbons (Fsp3) is 0.111. The van der Waals surface area contributed by atoms with Crippen LogP contribution >= 0.6 is 23.2 Å². The highest BCUT2D eigenvalue weighted by Gasteiger charge is 2.04. The minimum atomic E-state index is 0.297. The number of rotatable bonds is 2. The van der Waals surface area contributed by atoms with Gasteiger partial charge in [-0.05, 0) is 18.2 Å². The Kier molecular flexibility index (Phi) is 2.79. The van der Waals surface area contributed by atoms with E-state index in [9.17, 15) is 0 Å². The average molecular weight is 244 g/mol. The number of benzene rings is 1. The van der Waals surface area contributed by atoms with Crippen LogP contribution in [0.1, 0.15) is 0 Å². The molecular formula is C9H7Cl2N3O. The molecule has 0 aliphatic heterocycles. The quantitative estimate of drug-likeness (QED) is 0.815. The van der Waals surface area contributed by atoms with E-state index in [0.29, 0.717) is 16.1 Å². The van der Waals surface area contributed by atoms with Crippen molar-refractivity contribution in [2.24, 2.45) is 0 Å². The topological polar surface area (TPSA) is 39.9 Å². The van der Waals surface area contributed by atoms with Crippen molar-refractivity contribution in [1.82, 2.24) is 14.8 Å². The highest BCUT2D eigenvalue weighted by atomic mass is 35.5. The van der Waals surface area contributed by atoms with E-state index >= 15 is 0 Å². The van der Waals surface area contributed by atoms with Crippen molar-refractivity contribution in [1.29, 1.82) is 0 Å². The van der Waals surface area contributed by atoms with Crippen molar-refractivity contribution in [2.45, 2.75) is 0 Å². The average Bonchev–Trinajstić information content (AvgIpc) is 2.64. The smallest absolute Gasteiger partial charge is 0.335 e. The molecule has 0 bridgehead atoms. The van der Waals surface area contributed by atoms with Crippen molar-refractivity contribution in [3.8, 4) is 11.7 Å². The minimum absolute atomic E-state index is 0.297. The predicted molar refractivity (Wildman–Crippen MR) is 57.9 cm³/mol. The van der Waals surface area contributed by atoms with Gasteiger partial charge in [-0.2, -0.15) is 4.98 Å². The lowest BCUT2D eigenvalue weighted by Crippen LogP contribution is -1.95. The number of hydrogen-bond acceptors (Lipinski definition) is 3. The predicted octanol–water partition coefficient (Wildman–Crippen LogP) is 2.58. The van der Waals surface area contributed by atoms with E-state index in [1.165, 1.54) is 18.1 Å². The van der Waals surface area contributed by atoms with Crippen LogP contribution in [0.5, 0.6) is 6.01 Å². The molecule has 15 heavy (non-hydrogen) atoms. The standard InChI is InChI=1S/C9H7Cl2N3O/c1-15-9-12-5-14(13-9)8-3-6(10)2-7(11)4-8/h2-5H,1H3. The SMILES string of the molecule is COc1ncn(-c2cc(Cl)cc(Cl)c2)n1. The van der Waals surface area contributed by atoms with E-state index in [-0.39, 0.29) is 0 Å². The number of methoxy groups -OCH3 is 1. The van der Waals surface area contributed by atoms with Gasteiger partial charge in [0.2, 0.25) is 0 Å². The monoisotopic (exact) mass is 243 g/mol. The van der Waals surface area contributed by atoms with Crippen LogP contribution in [0.4, 0.5) is 0 Å². The molecule has 0 aliphatic carbocycles. The molecule has 0 amide bonds. The molecule has 0 atom stereocenters. The molecule has 78 valence electrons. The fourth-order valence-corrected chi connectivity index (χ4v) is 1.65. The minimum Gasteiger partial charge on any atom is -0.466 e. The van der Waals surface area contributed by atoms with Crippen LogP contribution in [0.3, 0.4) is 0 Å². The van der Waals surface area contributed by atoms with Crippen molar-refractivity contribution >= 4 is 23.2 Å². The Labute approximate surface area is 96.4 Å². The molecule has 0 aliphatic rings. The summed E-state index contributed by atoms with van der Waals surface area (Å²) < 4.78 is 6.41. The number of ether oxygens (including phenoxy) is 1. The van der Waals surface area contributed by atoms with Gasteiger partial charge in [0.15, 0.2) is 0 Å². The van der Waals surface area contributed by atoms with Gasteiger partial charge >= 0.3 is 6.01 Å². The third-order valence-electron chi connectivity index (χ3n) is 1.77. The molecule has 2 rings (SSSR count). The fourth-order valence-electron chi connectivity index (χ4n) is 1.14. The number of aromatic nitrogens is 3. The highest BCUT2D eigenvalue weighted by Crippen LogP contribution is 2.21. The first-order valence-corrected chi connectivity index (χ1v) is 4.87. The van der Waals surface area contributed by atoms with Crippen molar-refractivity contribution in [2.75, 3.05) is 7.11 Å². The Morgan fingerprint density at radius 3 is 2.40 bits per heavy atom. The molecule has 0 spiro atoms. The third-order valence-corrected chi connectivity index (χ3v) is 2.20. The molecule has 0 N–H and O–H groups in total. The summed E-state index contributed by atoms with van der Waals surface area (Å²) in [7, 11) is 1.50. The molecule has 6 heteroatoms. The molecule has 0 fully saturated rings. The molecule has 4 nitrogen and oxygen atoms in total. The zero-order chi connectivity index (χ0) is 10.8. The Bertz CT molecular complexity index is 464. The summed E-state index contributed by atoms with van der Waals surface area (Å²) in [6.45, 7) is 0. The normalized spacial score (nSPS) is 10.3. The van der Waals surface area contributed by atoms with Crippen LogP contribution in [0.2, 0.25) is 10.0 Å². The largest absolute Gasteiger partial charge is 0.466 e. The molecule has 2 aromatic rings. The third kappa shape index (κ3) is 2.22. The number of halogens is 2. The van der Waals surface area contributed by atoms with E-state index in [2.05, 4.69) is 10.1 Å². The van der Waals surface area contributed by atoms with Crippen LogP contribution in [0.15, 0.2) is 24.5 Å². The second-order valence-corrected chi connectivity index (χ2v) is 3.68. The molecule has 0 saturated carbocycles. The lowest BCUT2D eigenvalue weighted by Gasteiger charge is -2.01. The van der Waals surface area contributed by atoms with Gasteiger partial charge in [0.1, 0.15) is 6.33 Å². The summed E-state index contributed by atoms with van der Waals surface area (Å²) in [6, 6.07) is 5.43. The summed E-state index contributed by atoms with van der Waals surface area (Å²) >= 11 is 11.7. The second-order valence-electron chi connectivity index (χ2n) is 2.80. The molecule has 0 unspecified atom stereocenters. The van der Waals surface area contributed by atoms with Crippen LogP contribution in [-0.2, 0) is 0 Å². The molecule has 1 aromatic carbocycles. The summed E-state index contributed by atoms with van der Waals surface area (Å²) in [5.41, 5.74) is 0.739. The van der Waals surface area contributed by atoms with Crippen LogP contribution in [0.25, 0.3) is 5.69 Å². The van der Waals surface area contributed by atoms with E-state index in [0.717, 1.165) is 5.69 Å². The number of nitrogens with zero attached hydrogens (tertiary/aromatic N) is 3. The van der Waals surface area contributed by atoms with E-state index < -0.39 is 0 Å². The summed E-state index contributed by atoms with van der Waals surface area (Å²) in [4.78, 5) is 3.91. The summed E-state index contributed by atoms with van der Waals surface area (Å²) in [5, 5.41) is 5.14. The zero-order valence-electron chi connectivity index (χ0n) is 7.82. The summed E-state index contributed by atoms with van der Waals surface area (Å²) in [6.07, 6.45) is 1.53. The first-order chi connectivity index (χ1) is 7.19. The van der Waals surface area contributed by atoms with Gasteiger partial charge in [-0.25, -0.2) is 4.68 Å². The Morgan fingerprint density at radius 2 is 1.87 bits per heavy atom. The highest BCUT2D eigenvalue weighted by molar-refractivity contribution is 6.34. The first-order valence-electron chi connectivity index (χ1n) is 4.11. The van der Waals surface area contributed by atoms with Gasteiger partial charge in [0.25, 0.3) is 0 Å². The van der Waals surface area contributed by atoms with Crippen molar-refractivity contribution < 1.29 is 4.74 Å². The Hall–Kier alpha value is -1.26. The van der Waals surface area contributed by atoms with Gasteiger partial charge in [0.05, 0.1) is 12.8 Å². The van der Waals surface area contributed by atoms with Crippen LogP contribution in [-0.4, -0.2) is 21.9 Å². The van der Waals surface area contributed by atoms with Gasteiger partial charge in [-0.3, -0.25) is 0 Å². The van der Waals surface area contributed by atoms with Crippen molar-refractivity contribution in [3.63, 3.8) is 0 Å². The lowest BCUT2D eigenvalue weighted by atomic mass is 10.3. The second kappa shape index (κ2) is 4.08. The van der Waals surface area contributed by atoms with Gasteiger partial charge < -0.3 is 4.74 Å². The Morgan fingerprint density at radius 1 is 1.20 bits per heavy atom. The maximum atomic E-state index is 5.86. The molecule has 0 saturated heterocycles. The molecule has 0 radical (unpaired) electrons.